The zero-order valence-electron chi connectivity index (χ0n) is 19.5. The number of benzene rings is 2. The molecule has 166 valence electrons. The summed E-state index contributed by atoms with van der Waals surface area (Å²) in [5, 5.41) is 0.759. The quantitative estimate of drug-likeness (QED) is 0.463. The molecule has 1 amide bonds. The van der Waals surface area contributed by atoms with Crippen molar-refractivity contribution in [3.8, 4) is 5.75 Å². The highest BCUT2D eigenvalue weighted by Gasteiger charge is 2.21. The van der Waals surface area contributed by atoms with Crippen molar-refractivity contribution >= 4 is 32.6 Å². The van der Waals surface area contributed by atoms with Crippen LogP contribution in [0.2, 0.25) is 0 Å². The zero-order valence-corrected chi connectivity index (χ0v) is 20.3. The molecule has 3 aromatic rings. The maximum atomic E-state index is 13.5. The van der Waals surface area contributed by atoms with Crippen molar-refractivity contribution in [1.29, 1.82) is 0 Å². The van der Waals surface area contributed by atoms with Crippen molar-refractivity contribution in [2.75, 3.05) is 38.7 Å². The maximum Gasteiger partial charge on any atom is 0.233 e. The summed E-state index contributed by atoms with van der Waals surface area (Å²) in [6.07, 6.45) is 1.28. The molecule has 0 saturated carbocycles. The molecule has 5 nitrogen and oxygen atoms in total. The summed E-state index contributed by atoms with van der Waals surface area (Å²) >= 11 is 1.55. The highest BCUT2D eigenvalue weighted by atomic mass is 32.1. The normalized spacial score (nSPS) is 11.3. The molecular weight excluding hydrogens is 406 g/mol. The first kappa shape index (κ1) is 23.2. The number of anilines is 1. The molecule has 0 aliphatic heterocycles. The minimum absolute atomic E-state index is 0.0953. The van der Waals surface area contributed by atoms with Crippen LogP contribution in [0.4, 0.5) is 5.13 Å². The Labute approximate surface area is 189 Å². The first-order chi connectivity index (χ1) is 14.8. The number of fused-ring (bicyclic) bond motifs is 1. The van der Waals surface area contributed by atoms with Gasteiger partial charge in [-0.2, -0.15) is 0 Å². The van der Waals surface area contributed by atoms with Crippen LogP contribution < -0.4 is 9.64 Å². The van der Waals surface area contributed by atoms with Crippen LogP contribution in [0.15, 0.2) is 30.3 Å². The highest BCUT2D eigenvalue weighted by molar-refractivity contribution is 7.22. The third-order valence-corrected chi connectivity index (χ3v) is 6.39. The Morgan fingerprint density at radius 3 is 2.42 bits per heavy atom. The lowest BCUT2D eigenvalue weighted by Crippen LogP contribution is -2.34. The zero-order chi connectivity index (χ0) is 22.5. The lowest BCUT2D eigenvalue weighted by atomic mass is 9.97. The van der Waals surface area contributed by atoms with Crippen molar-refractivity contribution in [2.45, 2.75) is 40.5 Å². The number of aromatic nitrogens is 1. The van der Waals surface area contributed by atoms with E-state index in [0.717, 1.165) is 39.6 Å². The van der Waals surface area contributed by atoms with Crippen LogP contribution in [0.1, 0.15) is 35.6 Å². The maximum absolute atomic E-state index is 13.5. The van der Waals surface area contributed by atoms with Gasteiger partial charge in [-0.15, -0.1) is 0 Å². The largest absolute Gasteiger partial charge is 0.494 e. The Kier molecular flexibility index (Phi) is 7.68. The molecule has 0 unspecified atom stereocenters. The molecule has 0 aliphatic carbocycles. The average molecular weight is 440 g/mol. The molecule has 0 N–H and O–H groups in total. The van der Waals surface area contributed by atoms with Gasteiger partial charge in [0.1, 0.15) is 5.75 Å². The second-order valence-corrected chi connectivity index (χ2v) is 9.32. The number of aryl methyl sites for hydroxylation is 3. The summed E-state index contributed by atoms with van der Waals surface area (Å²) in [6, 6.07) is 10.2. The first-order valence-corrected chi connectivity index (χ1v) is 11.6. The van der Waals surface area contributed by atoms with Crippen LogP contribution in [0.5, 0.6) is 5.75 Å². The van der Waals surface area contributed by atoms with Crippen molar-refractivity contribution in [1.82, 2.24) is 9.88 Å². The minimum Gasteiger partial charge on any atom is -0.494 e. The smallest absolute Gasteiger partial charge is 0.233 e. The van der Waals surface area contributed by atoms with E-state index >= 15 is 0 Å². The molecule has 0 radical (unpaired) electrons. The summed E-state index contributed by atoms with van der Waals surface area (Å²) in [4.78, 5) is 22.3. The van der Waals surface area contributed by atoms with Gasteiger partial charge in [0.05, 0.1) is 23.2 Å². The molecule has 0 atom stereocenters. The van der Waals surface area contributed by atoms with Gasteiger partial charge >= 0.3 is 0 Å². The van der Waals surface area contributed by atoms with Crippen molar-refractivity contribution in [3.05, 3.63) is 52.6 Å². The highest BCUT2D eigenvalue weighted by Crippen LogP contribution is 2.32. The van der Waals surface area contributed by atoms with Gasteiger partial charge < -0.3 is 9.64 Å². The molecule has 0 saturated heterocycles. The summed E-state index contributed by atoms with van der Waals surface area (Å²) in [5.74, 6) is 0.930. The lowest BCUT2D eigenvalue weighted by Gasteiger charge is -2.22. The molecule has 2 aromatic carbocycles. The van der Waals surface area contributed by atoms with E-state index in [0.29, 0.717) is 19.6 Å². The summed E-state index contributed by atoms with van der Waals surface area (Å²) in [5.41, 5.74) is 5.59. The van der Waals surface area contributed by atoms with E-state index < -0.39 is 0 Å². The van der Waals surface area contributed by atoms with Gasteiger partial charge in [-0.3, -0.25) is 9.69 Å². The molecular formula is C25H33N3O2S. The number of rotatable bonds is 9. The molecule has 1 aromatic heterocycles. The molecule has 0 fully saturated rings. The summed E-state index contributed by atoms with van der Waals surface area (Å²) < 4.78 is 6.67. The predicted molar refractivity (Wildman–Crippen MR) is 131 cm³/mol. The SMILES string of the molecule is CCOc1ccc2nc(N(CCCN(C)C)C(=O)Cc3c(C)cc(C)cc3C)sc2c1. The van der Waals surface area contributed by atoms with E-state index in [1.54, 1.807) is 11.3 Å². The van der Waals surface area contributed by atoms with E-state index in [2.05, 4.69) is 51.9 Å². The predicted octanol–water partition coefficient (Wildman–Crippen LogP) is 5.15. The summed E-state index contributed by atoms with van der Waals surface area (Å²) in [6.45, 7) is 10.4. The average Bonchev–Trinajstić information content (AvgIpc) is 3.10. The Bertz CT molecular complexity index is 1040. The van der Waals surface area contributed by atoms with Crippen LogP contribution in [0.25, 0.3) is 10.2 Å². The Hall–Kier alpha value is -2.44. The molecule has 0 spiro atoms. The van der Waals surface area contributed by atoms with Crippen LogP contribution in [0.3, 0.4) is 0 Å². The van der Waals surface area contributed by atoms with Crippen molar-refractivity contribution < 1.29 is 9.53 Å². The van der Waals surface area contributed by atoms with E-state index in [1.165, 1.54) is 16.7 Å². The van der Waals surface area contributed by atoms with E-state index in [1.807, 2.05) is 30.0 Å². The number of carbonyl (C=O) groups is 1. The van der Waals surface area contributed by atoms with E-state index in [9.17, 15) is 4.79 Å². The third-order valence-electron chi connectivity index (χ3n) is 5.35. The second-order valence-electron chi connectivity index (χ2n) is 8.32. The van der Waals surface area contributed by atoms with Gasteiger partial charge in [0.15, 0.2) is 5.13 Å². The van der Waals surface area contributed by atoms with E-state index in [-0.39, 0.29) is 5.91 Å². The topological polar surface area (TPSA) is 45.7 Å². The number of amides is 1. The van der Waals surface area contributed by atoms with Crippen molar-refractivity contribution in [2.24, 2.45) is 0 Å². The number of hydrogen-bond donors (Lipinski definition) is 0. The Morgan fingerprint density at radius 1 is 1.06 bits per heavy atom. The fourth-order valence-corrected chi connectivity index (χ4v) is 4.91. The first-order valence-electron chi connectivity index (χ1n) is 10.8. The number of hydrogen-bond acceptors (Lipinski definition) is 5. The number of thiazole rings is 1. The van der Waals surface area contributed by atoms with Crippen LogP contribution in [-0.2, 0) is 11.2 Å². The van der Waals surface area contributed by atoms with Crippen LogP contribution in [0, 0.1) is 20.8 Å². The molecule has 0 aliphatic rings. The van der Waals surface area contributed by atoms with Gasteiger partial charge in [0.25, 0.3) is 0 Å². The monoisotopic (exact) mass is 439 g/mol. The molecule has 31 heavy (non-hydrogen) atoms. The van der Waals surface area contributed by atoms with Crippen LogP contribution >= 0.6 is 11.3 Å². The fourth-order valence-electron chi connectivity index (χ4n) is 3.87. The molecule has 3 rings (SSSR count). The Morgan fingerprint density at radius 2 is 1.77 bits per heavy atom. The van der Waals surface area contributed by atoms with Gasteiger partial charge in [0.2, 0.25) is 5.91 Å². The second kappa shape index (κ2) is 10.2. The van der Waals surface area contributed by atoms with Crippen molar-refractivity contribution in [3.63, 3.8) is 0 Å². The van der Waals surface area contributed by atoms with Gasteiger partial charge in [-0.1, -0.05) is 29.0 Å². The number of ether oxygens (including phenoxy) is 1. The Balaban J connectivity index is 1.90. The standard InChI is InChI=1S/C25H33N3O2S/c1-7-30-20-9-10-22-23(15-20)31-25(26-22)28(12-8-11-27(5)6)24(29)16-21-18(3)13-17(2)14-19(21)4/h9-10,13-15H,7-8,11-12,16H2,1-6H3. The number of carbonyl (C=O) groups excluding carboxylic acids is 1. The lowest BCUT2D eigenvalue weighted by molar-refractivity contribution is -0.118. The third kappa shape index (κ3) is 5.83. The molecule has 1 heterocycles. The minimum atomic E-state index is 0.0953. The molecule has 0 bridgehead atoms. The molecule has 6 heteroatoms. The van der Waals surface area contributed by atoms with Gasteiger partial charge in [-0.05, 0) is 89.6 Å². The summed E-state index contributed by atoms with van der Waals surface area (Å²) in [7, 11) is 4.11. The van der Waals surface area contributed by atoms with Crippen LogP contribution in [-0.4, -0.2) is 49.6 Å². The van der Waals surface area contributed by atoms with E-state index in [4.69, 9.17) is 9.72 Å². The fraction of sp³-hybridized carbons (Fsp3) is 0.440. The van der Waals surface area contributed by atoms with Gasteiger partial charge in [0, 0.05) is 6.54 Å². The number of nitrogens with zero attached hydrogens (tertiary/aromatic N) is 3. The van der Waals surface area contributed by atoms with Gasteiger partial charge in [-0.25, -0.2) is 4.98 Å².